The van der Waals surface area contributed by atoms with E-state index in [1.165, 1.54) is 231 Å². The summed E-state index contributed by atoms with van der Waals surface area (Å²) in [6.45, 7) is 4.89. The van der Waals surface area contributed by atoms with Gasteiger partial charge in [0.15, 0.2) is 0 Å². The zero-order valence-corrected chi connectivity index (χ0v) is 42.3. The van der Waals surface area contributed by atoms with E-state index in [1.54, 1.807) is 6.08 Å². The largest absolute Gasteiger partial charge is 0.466 e. The minimum Gasteiger partial charge on any atom is -0.466 e. The molecule has 0 aliphatic heterocycles. The maximum absolute atomic E-state index is 12.4. The Kier molecular flexibility index (Phi) is 51.6. The van der Waals surface area contributed by atoms with Crippen LogP contribution in [0.3, 0.4) is 0 Å². The summed E-state index contributed by atoms with van der Waals surface area (Å²) >= 11 is 0. The monoisotopic (exact) mass is 888 g/mol. The molecule has 0 rings (SSSR count). The molecular weight excluding hydrogens is 779 g/mol. The van der Waals surface area contributed by atoms with Gasteiger partial charge in [-0.1, -0.05) is 256 Å². The molecule has 2 unspecified atom stereocenters. The third-order valence-electron chi connectivity index (χ3n) is 13.0. The summed E-state index contributed by atoms with van der Waals surface area (Å²) < 4.78 is 5.47. The van der Waals surface area contributed by atoms with Gasteiger partial charge in [-0.3, -0.25) is 9.59 Å². The van der Waals surface area contributed by atoms with Crippen molar-refractivity contribution in [1.82, 2.24) is 5.32 Å². The number of carbonyl (C=O) groups is 2. The lowest BCUT2D eigenvalue weighted by atomic mass is 10.0. The molecule has 6 nitrogen and oxygen atoms in total. The van der Waals surface area contributed by atoms with Crippen molar-refractivity contribution in [3.05, 3.63) is 24.3 Å². The Morgan fingerprint density at radius 1 is 0.429 bits per heavy atom. The van der Waals surface area contributed by atoms with Crippen LogP contribution in [0.5, 0.6) is 0 Å². The Morgan fingerprint density at radius 2 is 0.746 bits per heavy atom. The topological polar surface area (TPSA) is 95.9 Å². The van der Waals surface area contributed by atoms with Crippen LogP contribution in [-0.4, -0.2) is 47.4 Å². The molecule has 2 atom stereocenters. The molecule has 1 amide bonds. The van der Waals surface area contributed by atoms with Crippen LogP contribution in [0, 0.1) is 0 Å². The number of esters is 1. The molecule has 0 aliphatic rings. The first kappa shape index (κ1) is 61.3. The zero-order valence-electron chi connectivity index (χ0n) is 42.3. The molecule has 0 heterocycles. The summed E-state index contributed by atoms with van der Waals surface area (Å²) in [7, 11) is 0. The molecule has 0 radical (unpaired) electrons. The second-order valence-corrected chi connectivity index (χ2v) is 19.3. The number of ether oxygens (including phenoxy) is 1. The molecule has 0 fully saturated rings. The predicted molar refractivity (Wildman–Crippen MR) is 273 cm³/mol. The van der Waals surface area contributed by atoms with E-state index in [-0.39, 0.29) is 18.5 Å². The van der Waals surface area contributed by atoms with E-state index in [2.05, 4.69) is 31.3 Å². The summed E-state index contributed by atoms with van der Waals surface area (Å²) in [5.74, 6) is -0.0710. The number of amides is 1. The Hall–Kier alpha value is -1.66. The highest BCUT2D eigenvalue weighted by Gasteiger charge is 2.18. The fourth-order valence-electron chi connectivity index (χ4n) is 8.63. The summed E-state index contributed by atoms with van der Waals surface area (Å²) in [4.78, 5) is 24.5. The van der Waals surface area contributed by atoms with Gasteiger partial charge in [-0.25, -0.2) is 0 Å². The second-order valence-electron chi connectivity index (χ2n) is 19.3. The van der Waals surface area contributed by atoms with Crippen molar-refractivity contribution in [3.63, 3.8) is 0 Å². The van der Waals surface area contributed by atoms with Crippen molar-refractivity contribution in [1.29, 1.82) is 0 Å². The van der Waals surface area contributed by atoms with Gasteiger partial charge >= 0.3 is 5.97 Å². The van der Waals surface area contributed by atoms with Gasteiger partial charge in [0.25, 0.3) is 0 Å². The smallest absolute Gasteiger partial charge is 0.305 e. The number of aliphatic hydroxyl groups is 2. The maximum Gasteiger partial charge on any atom is 0.305 e. The fraction of sp³-hybridized carbons (Fsp3) is 0.895. The highest BCUT2D eigenvalue weighted by molar-refractivity contribution is 5.76. The quantitative estimate of drug-likeness (QED) is 0.0321. The lowest BCUT2D eigenvalue weighted by Crippen LogP contribution is -2.45. The summed E-state index contributed by atoms with van der Waals surface area (Å²) in [5, 5.41) is 23.0. The maximum atomic E-state index is 12.4. The Bertz CT molecular complexity index is 982. The first-order valence-electron chi connectivity index (χ1n) is 28.1. The summed E-state index contributed by atoms with van der Waals surface area (Å²) in [5.41, 5.74) is 0. The minimum absolute atomic E-state index is 0.000270. The molecule has 63 heavy (non-hydrogen) atoms. The van der Waals surface area contributed by atoms with Gasteiger partial charge in [0.05, 0.1) is 25.4 Å². The molecule has 3 N–H and O–H groups in total. The summed E-state index contributed by atoms with van der Waals surface area (Å²) in [6.07, 6.45) is 63.4. The predicted octanol–water partition coefficient (Wildman–Crippen LogP) is 17.1. The molecule has 372 valence electrons. The molecule has 0 aromatic rings. The number of hydrogen-bond donors (Lipinski definition) is 3. The van der Waals surface area contributed by atoms with Crippen LogP contribution in [0.1, 0.15) is 303 Å². The first-order chi connectivity index (χ1) is 31.0. The zero-order chi connectivity index (χ0) is 45.8. The van der Waals surface area contributed by atoms with E-state index >= 15 is 0 Å². The number of aliphatic hydroxyl groups excluding tert-OH is 2. The first-order valence-corrected chi connectivity index (χ1v) is 28.1. The van der Waals surface area contributed by atoms with E-state index in [0.29, 0.717) is 19.4 Å². The lowest BCUT2D eigenvalue weighted by molar-refractivity contribution is -0.143. The standard InChI is InChI=1S/C57H109NO5/c1-3-5-7-9-11-13-15-17-23-27-31-35-39-43-47-51-57(62)63-52-48-44-40-36-32-28-25-22-20-18-19-21-24-26-30-34-38-42-46-50-56(61)58-54(53-59)55(60)49-45-41-37-33-29-16-14-12-10-8-6-4-2/h17,23,45,49,54-55,59-60H,3-16,18-22,24-44,46-48,50-53H2,1-2H3,(H,58,61)/b23-17-,49-45+. The van der Waals surface area contributed by atoms with Gasteiger partial charge in [0.2, 0.25) is 5.91 Å². The van der Waals surface area contributed by atoms with Crippen molar-refractivity contribution in [3.8, 4) is 0 Å². The Balaban J connectivity index is 3.41. The van der Waals surface area contributed by atoms with Crippen LogP contribution in [-0.2, 0) is 14.3 Å². The number of rotatable bonds is 52. The van der Waals surface area contributed by atoms with Crippen molar-refractivity contribution in [2.24, 2.45) is 0 Å². The van der Waals surface area contributed by atoms with Gasteiger partial charge < -0.3 is 20.3 Å². The van der Waals surface area contributed by atoms with Gasteiger partial charge in [0, 0.05) is 12.8 Å². The molecule has 0 bridgehead atoms. The number of unbranched alkanes of at least 4 members (excludes halogenated alkanes) is 39. The van der Waals surface area contributed by atoms with Gasteiger partial charge in [-0.05, 0) is 57.8 Å². The molecule has 6 heteroatoms. The number of nitrogens with one attached hydrogen (secondary N) is 1. The molecule has 0 aromatic carbocycles. The molecule has 0 aromatic heterocycles. The molecular formula is C57H109NO5. The average Bonchev–Trinajstić information content (AvgIpc) is 3.28. The lowest BCUT2D eigenvalue weighted by Gasteiger charge is -2.20. The van der Waals surface area contributed by atoms with Crippen molar-refractivity contribution in [2.45, 2.75) is 315 Å². The fourth-order valence-corrected chi connectivity index (χ4v) is 8.63. The van der Waals surface area contributed by atoms with Crippen LogP contribution in [0.4, 0.5) is 0 Å². The number of carbonyl (C=O) groups excluding carboxylic acids is 2. The van der Waals surface area contributed by atoms with E-state index in [1.807, 2.05) is 6.08 Å². The number of hydrogen-bond acceptors (Lipinski definition) is 5. The number of allylic oxidation sites excluding steroid dienone is 3. The summed E-state index contributed by atoms with van der Waals surface area (Å²) in [6, 6.07) is -0.629. The SMILES string of the molecule is CCCCCCCC/C=C\CCCCCCCC(=O)OCCCCCCCCCCCCCCCCCCCCCC(=O)NC(CO)C(O)/C=C/CCCCCCCCCCCC. The van der Waals surface area contributed by atoms with E-state index in [9.17, 15) is 19.8 Å². The van der Waals surface area contributed by atoms with Gasteiger partial charge in [0.1, 0.15) is 0 Å². The van der Waals surface area contributed by atoms with Crippen LogP contribution in [0.15, 0.2) is 24.3 Å². The third kappa shape index (κ3) is 49.6. The second kappa shape index (κ2) is 53.0. The minimum atomic E-state index is -0.845. The van der Waals surface area contributed by atoms with Crippen LogP contribution >= 0.6 is 0 Å². The van der Waals surface area contributed by atoms with E-state index in [0.717, 1.165) is 44.9 Å². The molecule has 0 aliphatic carbocycles. The van der Waals surface area contributed by atoms with Gasteiger partial charge in [-0.2, -0.15) is 0 Å². The van der Waals surface area contributed by atoms with Crippen molar-refractivity contribution < 1.29 is 24.5 Å². The third-order valence-corrected chi connectivity index (χ3v) is 13.0. The Labute approximate surface area is 392 Å². The highest BCUT2D eigenvalue weighted by Crippen LogP contribution is 2.17. The molecule has 0 saturated carbocycles. The normalized spacial score (nSPS) is 12.8. The van der Waals surface area contributed by atoms with Crippen molar-refractivity contribution >= 4 is 11.9 Å². The van der Waals surface area contributed by atoms with Gasteiger partial charge in [-0.15, -0.1) is 0 Å². The van der Waals surface area contributed by atoms with E-state index in [4.69, 9.17) is 4.74 Å². The Morgan fingerprint density at radius 3 is 1.13 bits per heavy atom. The average molecular weight is 889 g/mol. The van der Waals surface area contributed by atoms with Crippen LogP contribution < -0.4 is 5.32 Å². The highest BCUT2D eigenvalue weighted by atomic mass is 16.5. The van der Waals surface area contributed by atoms with Crippen LogP contribution in [0.25, 0.3) is 0 Å². The van der Waals surface area contributed by atoms with Crippen LogP contribution in [0.2, 0.25) is 0 Å². The van der Waals surface area contributed by atoms with E-state index < -0.39 is 12.1 Å². The molecule has 0 spiro atoms. The van der Waals surface area contributed by atoms with Crippen molar-refractivity contribution in [2.75, 3.05) is 13.2 Å². The molecule has 0 saturated heterocycles.